The molecule has 0 spiro atoms. The normalized spacial score (nSPS) is 12.8. The lowest BCUT2D eigenvalue weighted by atomic mass is 10.1. The maximum atomic E-state index is 6.18. The van der Waals surface area contributed by atoms with Crippen LogP contribution in [0.15, 0.2) is 35.1 Å². The first-order valence-corrected chi connectivity index (χ1v) is 5.87. The van der Waals surface area contributed by atoms with E-state index in [-0.39, 0.29) is 6.04 Å². The molecule has 2 aromatic rings. The number of aromatic nitrogens is 2. The summed E-state index contributed by atoms with van der Waals surface area (Å²) in [4.78, 5) is 4.27. The summed E-state index contributed by atoms with van der Waals surface area (Å²) in [7, 11) is 1.95. The van der Waals surface area contributed by atoms with E-state index in [0.717, 1.165) is 15.9 Å². The molecule has 1 atom stereocenters. The number of imidazole rings is 1. The molecular weight excluding hydrogens is 266 g/mol. The molecule has 1 aromatic carbocycles. The third-order valence-corrected chi connectivity index (χ3v) is 3.55. The van der Waals surface area contributed by atoms with Crippen LogP contribution in [0.1, 0.15) is 23.0 Å². The molecule has 16 heavy (non-hydrogen) atoms. The number of halogens is 1. The Morgan fingerprint density at radius 2 is 2.19 bits per heavy atom. The fraction of sp³-hybridized carbons (Fsp3) is 0.250. The van der Waals surface area contributed by atoms with Gasteiger partial charge in [-0.05, 0) is 24.1 Å². The summed E-state index contributed by atoms with van der Waals surface area (Å²) in [5, 5.41) is 0. The monoisotopic (exact) mass is 279 g/mol. The van der Waals surface area contributed by atoms with Crippen molar-refractivity contribution in [1.82, 2.24) is 9.55 Å². The number of rotatable bonds is 2. The van der Waals surface area contributed by atoms with Crippen LogP contribution in [0.4, 0.5) is 0 Å². The van der Waals surface area contributed by atoms with Gasteiger partial charge in [0.1, 0.15) is 5.82 Å². The van der Waals surface area contributed by atoms with Gasteiger partial charge < -0.3 is 10.3 Å². The van der Waals surface area contributed by atoms with Gasteiger partial charge in [0.05, 0.1) is 6.04 Å². The fourth-order valence-corrected chi connectivity index (χ4v) is 2.02. The molecule has 1 aromatic heterocycles. The summed E-state index contributed by atoms with van der Waals surface area (Å²) in [6, 6.07) is 5.97. The van der Waals surface area contributed by atoms with Crippen LogP contribution in [0.2, 0.25) is 0 Å². The van der Waals surface area contributed by atoms with Crippen molar-refractivity contribution >= 4 is 15.9 Å². The Morgan fingerprint density at radius 1 is 1.44 bits per heavy atom. The van der Waals surface area contributed by atoms with E-state index >= 15 is 0 Å². The molecule has 0 bridgehead atoms. The highest BCUT2D eigenvalue weighted by Gasteiger charge is 2.13. The lowest BCUT2D eigenvalue weighted by molar-refractivity contribution is 0.716. The van der Waals surface area contributed by atoms with E-state index in [1.54, 1.807) is 6.20 Å². The van der Waals surface area contributed by atoms with E-state index in [2.05, 4.69) is 40.0 Å². The van der Waals surface area contributed by atoms with Gasteiger partial charge in [0.2, 0.25) is 0 Å². The zero-order chi connectivity index (χ0) is 11.7. The molecule has 3 nitrogen and oxygen atoms in total. The number of aryl methyl sites for hydroxylation is 2. The van der Waals surface area contributed by atoms with E-state index in [1.807, 2.05) is 23.9 Å². The minimum Gasteiger partial charge on any atom is -0.336 e. The van der Waals surface area contributed by atoms with Crippen LogP contribution in [-0.4, -0.2) is 9.55 Å². The summed E-state index contributed by atoms with van der Waals surface area (Å²) < 4.78 is 3.02. The lowest BCUT2D eigenvalue weighted by Gasteiger charge is -2.13. The molecule has 0 radical (unpaired) electrons. The third kappa shape index (κ3) is 2.03. The second-order valence-corrected chi connectivity index (χ2v) is 4.74. The van der Waals surface area contributed by atoms with Gasteiger partial charge in [-0.15, -0.1) is 0 Å². The first-order chi connectivity index (χ1) is 7.59. The highest BCUT2D eigenvalue weighted by atomic mass is 79.9. The van der Waals surface area contributed by atoms with Gasteiger partial charge in [-0.1, -0.05) is 28.1 Å². The van der Waals surface area contributed by atoms with Crippen LogP contribution in [0.25, 0.3) is 0 Å². The molecule has 0 amide bonds. The topological polar surface area (TPSA) is 43.8 Å². The summed E-state index contributed by atoms with van der Waals surface area (Å²) in [5.41, 5.74) is 8.44. The minimum atomic E-state index is -0.183. The number of benzene rings is 1. The summed E-state index contributed by atoms with van der Waals surface area (Å²) in [6.45, 7) is 2.06. The first-order valence-electron chi connectivity index (χ1n) is 5.08. The molecule has 1 unspecified atom stereocenters. The van der Waals surface area contributed by atoms with Crippen LogP contribution in [0, 0.1) is 6.92 Å². The van der Waals surface area contributed by atoms with E-state index in [4.69, 9.17) is 5.73 Å². The third-order valence-electron chi connectivity index (χ3n) is 2.69. The zero-order valence-corrected chi connectivity index (χ0v) is 10.9. The Hall–Kier alpha value is -1.13. The van der Waals surface area contributed by atoms with Gasteiger partial charge in [0.15, 0.2) is 0 Å². The second kappa shape index (κ2) is 4.39. The van der Waals surface area contributed by atoms with Gasteiger partial charge in [0, 0.05) is 23.9 Å². The Bertz CT molecular complexity index is 505. The zero-order valence-electron chi connectivity index (χ0n) is 9.31. The van der Waals surface area contributed by atoms with Crippen molar-refractivity contribution in [2.45, 2.75) is 13.0 Å². The smallest absolute Gasteiger partial charge is 0.129 e. The molecular formula is C12H14BrN3. The van der Waals surface area contributed by atoms with E-state index < -0.39 is 0 Å². The molecule has 4 heteroatoms. The van der Waals surface area contributed by atoms with Crippen molar-refractivity contribution in [3.8, 4) is 0 Å². The van der Waals surface area contributed by atoms with Crippen molar-refractivity contribution < 1.29 is 0 Å². The van der Waals surface area contributed by atoms with Crippen LogP contribution in [0.3, 0.4) is 0 Å². The van der Waals surface area contributed by atoms with Crippen molar-refractivity contribution in [1.29, 1.82) is 0 Å². The van der Waals surface area contributed by atoms with Gasteiger partial charge in [-0.25, -0.2) is 4.98 Å². The maximum absolute atomic E-state index is 6.18. The molecule has 0 saturated heterocycles. The minimum absolute atomic E-state index is 0.183. The number of nitrogens with two attached hydrogens (primary N) is 1. The summed E-state index contributed by atoms with van der Waals surface area (Å²) in [5.74, 6) is 0.871. The Labute approximate surface area is 103 Å². The number of hydrogen-bond donors (Lipinski definition) is 1. The molecule has 2 rings (SSSR count). The lowest BCUT2D eigenvalue weighted by Crippen LogP contribution is -2.16. The average molecular weight is 280 g/mol. The van der Waals surface area contributed by atoms with Crippen LogP contribution in [-0.2, 0) is 7.05 Å². The molecule has 1 heterocycles. The van der Waals surface area contributed by atoms with Gasteiger partial charge in [-0.3, -0.25) is 0 Å². The Balaban J connectivity index is 2.38. The SMILES string of the molecule is Cc1ccc(C(N)c2nccn2C)cc1Br. The second-order valence-electron chi connectivity index (χ2n) is 3.88. The van der Waals surface area contributed by atoms with Crippen molar-refractivity contribution in [3.63, 3.8) is 0 Å². The highest BCUT2D eigenvalue weighted by molar-refractivity contribution is 9.10. The van der Waals surface area contributed by atoms with E-state index in [0.29, 0.717) is 0 Å². The quantitative estimate of drug-likeness (QED) is 0.918. The van der Waals surface area contributed by atoms with Crippen molar-refractivity contribution in [2.75, 3.05) is 0 Å². The van der Waals surface area contributed by atoms with Crippen LogP contribution in [0.5, 0.6) is 0 Å². The molecule has 0 aliphatic carbocycles. The van der Waals surface area contributed by atoms with Crippen molar-refractivity contribution in [3.05, 3.63) is 52.0 Å². The number of hydrogen-bond acceptors (Lipinski definition) is 2. The Kier molecular flexibility index (Phi) is 3.12. The first kappa shape index (κ1) is 11.4. The molecule has 84 valence electrons. The molecule has 0 fully saturated rings. The van der Waals surface area contributed by atoms with Gasteiger partial charge >= 0.3 is 0 Å². The molecule has 0 aliphatic heterocycles. The standard InChI is InChI=1S/C12H14BrN3/c1-8-3-4-9(7-10(8)13)11(14)12-15-5-6-16(12)2/h3-7,11H,14H2,1-2H3. The predicted molar refractivity (Wildman–Crippen MR) is 68.1 cm³/mol. The average Bonchev–Trinajstić information content (AvgIpc) is 2.67. The fourth-order valence-electron chi connectivity index (χ4n) is 1.63. The van der Waals surface area contributed by atoms with Crippen molar-refractivity contribution in [2.24, 2.45) is 12.8 Å². The van der Waals surface area contributed by atoms with Gasteiger partial charge in [0.25, 0.3) is 0 Å². The van der Waals surface area contributed by atoms with Crippen LogP contribution >= 0.6 is 15.9 Å². The van der Waals surface area contributed by atoms with Crippen LogP contribution < -0.4 is 5.73 Å². The predicted octanol–water partition coefficient (Wildman–Crippen LogP) is 2.54. The number of nitrogens with zero attached hydrogens (tertiary/aromatic N) is 2. The van der Waals surface area contributed by atoms with Gasteiger partial charge in [-0.2, -0.15) is 0 Å². The largest absolute Gasteiger partial charge is 0.336 e. The Morgan fingerprint density at radius 3 is 2.75 bits per heavy atom. The maximum Gasteiger partial charge on any atom is 0.129 e. The van der Waals surface area contributed by atoms with E-state index in [9.17, 15) is 0 Å². The summed E-state index contributed by atoms with van der Waals surface area (Å²) >= 11 is 3.51. The molecule has 2 N–H and O–H groups in total. The highest BCUT2D eigenvalue weighted by Crippen LogP contribution is 2.23. The van der Waals surface area contributed by atoms with E-state index in [1.165, 1.54) is 5.56 Å². The summed E-state index contributed by atoms with van der Waals surface area (Å²) in [6.07, 6.45) is 3.66. The molecule has 0 saturated carbocycles. The molecule has 0 aliphatic rings.